The first kappa shape index (κ1) is 104. The van der Waals surface area contributed by atoms with Gasteiger partial charge in [0.1, 0.15) is 78.5 Å². The molecule has 0 aromatic heterocycles. The zero-order valence-corrected chi connectivity index (χ0v) is 72.0. The summed E-state index contributed by atoms with van der Waals surface area (Å²) in [5, 5.41) is 46.0. The van der Waals surface area contributed by atoms with Gasteiger partial charge in [0.05, 0.1) is 6.04 Å². The summed E-state index contributed by atoms with van der Waals surface area (Å²) < 4.78 is 0. The molecule has 4 fully saturated rings. The lowest BCUT2D eigenvalue weighted by Crippen LogP contribution is -2.60. The Hall–Kier alpha value is -7.70. The van der Waals surface area contributed by atoms with E-state index in [1.165, 1.54) is 27.7 Å². The van der Waals surface area contributed by atoms with E-state index in [1.807, 2.05) is 0 Å². The highest BCUT2D eigenvalue weighted by Crippen LogP contribution is 2.32. The van der Waals surface area contributed by atoms with Gasteiger partial charge >= 0.3 is 5.97 Å². The standard InChI is InChI=1S/C84H154N20O15/c1-53(92-80(114)67(49-57-29-9-5-10-30-57)101-75(109)61(91)37-17-23-43-85)72(106)97-63(39-19-25-45-87)77(111)102-68(50-58-31-11-6-12-32-58)81(115)93-54(2)71(105)96-62(38-18-24-44-86)76(110)99-65(41-21-27-47-89)79(113)104-70(52-60-35-15-8-16-36-60)82(116)94-55(3)73(107)98-64(40-20-26-46-88)78(112)103-69(51-59-33-13-7-14-34-59)83(117)95-56(4)74(108)100-66(84(118)119)42-22-28-48-90/h53-70H,5-52,85-91H2,1-4H3,(H,92,114)(H,93,115)(H,94,116)(H,95,117)(H,96,105)(H,97,106)(H,98,107)(H,99,110)(H,100,108)(H,101,109)(H,102,111)(H,103,112)(H,104,113)(H,118,119)/t53-,54-,55-,56-,61-,62-,63-,64-,65-,66-,67-,68-,69-,70-/m1/s1. The van der Waals surface area contributed by atoms with Gasteiger partial charge in [-0.2, -0.15) is 0 Å². The Morgan fingerprint density at radius 2 is 0.412 bits per heavy atom. The van der Waals surface area contributed by atoms with Gasteiger partial charge in [-0.3, -0.25) is 62.3 Å². The van der Waals surface area contributed by atoms with Gasteiger partial charge in [-0.15, -0.1) is 0 Å². The van der Waals surface area contributed by atoms with Crippen LogP contribution < -0.4 is 109 Å². The number of amides is 13. The number of carboxylic acids is 1. The number of carboxylic acid groups (broad SMARTS) is 1. The molecule has 35 nitrogen and oxygen atoms in total. The number of unbranched alkanes of at least 4 members (excludes halogenated alkanes) is 6. The second-order valence-electron chi connectivity index (χ2n) is 34.1. The summed E-state index contributed by atoms with van der Waals surface area (Å²) in [4.78, 5) is 198. The lowest BCUT2D eigenvalue weighted by molar-refractivity contribution is -0.142. The maximum atomic E-state index is 14.9. The van der Waals surface area contributed by atoms with Crippen LogP contribution in [0.5, 0.6) is 0 Å². The lowest BCUT2D eigenvalue weighted by atomic mass is 9.84. The van der Waals surface area contributed by atoms with Gasteiger partial charge in [-0.1, -0.05) is 135 Å². The van der Waals surface area contributed by atoms with Crippen LogP contribution in [0.1, 0.15) is 297 Å². The van der Waals surface area contributed by atoms with E-state index in [0.29, 0.717) is 110 Å². The molecule has 0 spiro atoms. The van der Waals surface area contributed by atoms with Crippen LogP contribution in [-0.2, 0) is 67.1 Å². The topological polar surface area (TPSA) is 598 Å². The zero-order valence-electron chi connectivity index (χ0n) is 72.0. The van der Waals surface area contributed by atoms with E-state index in [0.717, 1.165) is 128 Å². The molecule has 0 bridgehead atoms. The Balaban J connectivity index is 1.54. The van der Waals surface area contributed by atoms with Crippen molar-refractivity contribution in [1.29, 1.82) is 0 Å². The number of carbonyl (C=O) groups excluding carboxylic acids is 13. The number of nitrogens with one attached hydrogen (secondary N) is 13. The molecular weight excluding hydrogens is 1530 g/mol. The van der Waals surface area contributed by atoms with Crippen molar-refractivity contribution in [2.24, 2.45) is 63.8 Å². The fraction of sp³-hybridized carbons (Fsp3) is 0.833. The monoisotopic (exact) mass is 1680 g/mol. The van der Waals surface area contributed by atoms with Gasteiger partial charge in [0.15, 0.2) is 0 Å². The molecule has 0 saturated heterocycles. The highest BCUT2D eigenvalue weighted by molar-refractivity contribution is 6.00. The molecule has 680 valence electrons. The van der Waals surface area contributed by atoms with Gasteiger partial charge in [-0.05, 0) is 225 Å². The third-order valence-electron chi connectivity index (χ3n) is 23.9. The van der Waals surface area contributed by atoms with Crippen LogP contribution in [0.4, 0.5) is 0 Å². The van der Waals surface area contributed by atoms with E-state index >= 15 is 0 Å². The van der Waals surface area contributed by atoms with E-state index in [9.17, 15) is 72.2 Å². The molecule has 4 aliphatic carbocycles. The van der Waals surface area contributed by atoms with Crippen LogP contribution in [-0.4, -0.2) is 212 Å². The Morgan fingerprint density at radius 1 is 0.235 bits per heavy atom. The van der Waals surface area contributed by atoms with E-state index in [-0.39, 0.29) is 94.7 Å². The normalized spacial score (nSPS) is 18.5. The molecule has 0 unspecified atom stereocenters. The van der Waals surface area contributed by atoms with Gasteiger partial charge < -0.3 is 114 Å². The van der Waals surface area contributed by atoms with Crippen LogP contribution >= 0.6 is 0 Å². The van der Waals surface area contributed by atoms with Gasteiger partial charge in [0, 0.05) is 0 Å². The Bertz CT molecular complexity index is 3100. The van der Waals surface area contributed by atoms with Gasteiger partial charge in [0.2, 0.25) is 76.8 Å². The molecule has 28 N–H and O–H groups in total. The van der Waals surface area contributed by atoms with Crippen molar-refractivity contribution in [3.8, 4) is 0 Å². The van der Waals surface area contributed by atoms with Crippen LogP contribution in [0.15, 0.2) is 0 Å². The minimum Gasteiger partial charge on any atom is -0.480 e. The van der Waals surface area contributed by atoms with Crippen LogP contribution in [0.2, 0.25) is 0 Å². The number of rotatable bonds is 59. The first-order valence-corrected chi connectivity index (χ1v) is 45.2. The van der Waals surface area contributed by atoms with E-state index in [4.69, 9.17) is 40.1 Å². The Labute approximate surface area is 706 Å². The zero-order chi connectivity index (χ0) is 87.6. The van der Waals surface area contributed by atoms with Crippen molar-refractivity contribution in [2.75, 3.05) is 39.3 Å². The van der Waals surface area contributed by atoms with Crippen molar-refractivity contribution in [3.05, 3.63) is 0 Å². The summed E-state index contributed by atoms with van der Waals surface area (Å²) in [6, 6.07) is -16.6. The largest absolute Gasteiger partial charge is 0.480 e. The average molecular weight is 1680 g/mol. The fourth-order valence-electron chi connectivity index (χ4n) is 16.5. The highest BCUT2D eigenvalue weighted by atomic mass is 16.4. The molecule has 14 atom stereocenters. The summed E-state index contributed by atoms with van der Waals surface area (Å²) >= 11 is 0. The lowest BCUT2D eigenvalue weighted by Gasteiger charge is -2.30. The number of hydrogen-bond acceptors (Lipinski definition) is 21. The van der Waals surface area contributed by atoms with E-state index in [1.54, 1.807) is 0 Å². The maximum Gasteiger partial charge on any atom is 0.326 e. The summed E-state index contributed by atoms with van der Waals surface area (Å²) in [6.45, 7) is 7.63. The molecular formula is C84H154N20O15. The SMILES string of the molecule is C[C@@H](NC(=O)[C@@H](CC1CCCCC1)NC(=O)[C@H](N)CCCCN)C(=O)N[C@H](CCCCN)C(=O)N[C@H](CC1CCCCC1)C(=O)N[C@H](C)C(=O)N[C@H](CCCCN)C(=O)N[C@H](CCCCN)C(=O)N[C@H](CC1CCCCC1)C(=O)N[C@H](C)C(=O)N[C@H](CCCCN)C(=O)N[C@H](CC1CCCCC1)C(=O)N[C@H](C)C(=O)N[C@H](CCCCN)C(=O)O. The summed E-state index contributed by atoms with van der Waals surface area (Å²) in [5.74, 6) is -9.95. The van der Waals surface area contributed by atoms with Crippen LogP contribution in [0.25, 0.3) is 0 Å². The van der Waals surface area contributed by atoms with Crippen molar-refractivity contribution in [2.45, 2.75) is 382 Å². The molecule has 35 heteroatoms. The molecule has 0 aromatic carbocycles. The third-order valence-corrected chi connectivity index (χ3v) is 23.9. The van der Waals surface area contributed by atoms with Gasteiger partial charge in [0.25, 0.3) is 0 Å². The van der Waals surface area contributed by atoms with Crippen LogP contribution in [0, 0.1) is 23.7 Å². The predicted octanol–water partition coefficient (Wildman–Crippen LogP) is 1.44. The third kappa shape index (κ3) is 40.7. The highest BCUT2D eigenvalue weighted by Gasteiger charge is 2.39. The summed E-state index contributed by atoms with van der Waals surface area (Å²) in [7, 11) is 0. The molecule has 0 aromatic rings. The van der Waals surface area contributed by atoms with Crippen LogP contribution in [0.3, 0.4) is 0 Å². The minimum atomic E-state index is -1.30. The number of nitrogens with two attached hydrogens (primary N) is 7. The maximum absolute atomic E-state index is 14.9. The number of carbonyl (C=O) groups is 14. The number of hydrogen-bond donors (Lipinski definition) is 21. The summed E-state index contributed by atoms with van der Waals surface area (Å²) in [5.41, 5.74) is 41.1. The molecule has 0 radical (unpaired) electrons. The molecule has 4 saturated carbocycles. The number of aliphatic carboxylic acids is 1. The molecule has 4 rings (SSSR count). The first-order chi connectivity index (χ1) is 57.1. The molecule has 119 heavy (non-hydrogen) atoms. The van der Waals surface area contributed by atoms with Crippen molar-refractivity contribution in [1.82, 2.24) is 69.1 Å². The second kappa shape index (κ2) is 59.1. The quantitative estimate of drug-likeness (QED) is 0.0383. The Morgan fingerprint density at radius 3 is 0.630 bits per heavy atom. The minimum absolute atomic E-state index is 0.00819. The van der Waals surface area contributed by atoms with Crippen molar-refractivity contribution < 1.29 is 72.2 Å². The van der Waals surface area contributed by atoms with Crippen molar-refractivity contribution >= 4 is 82.8 Å². The molecule has 0 heterocycles. The predicted molar refractivity (Wildman–Crippen MR) is 456 cm³/mol. The second-order valence-corrected chi connectivity index (χ2v) is 34.1. The van der Waals surface area contributed by atoms with E-state index < -0.39 is 167 Å². The van der Waals surface area contributed by atoms with Crippen molar-refractivity contribution in [3.63, 3.8) is 0 Å². The van der Waals surface area contributed by atoms with Gasteiger partial charge in [-0.25, -0.2) is 4.79 Å². The smallest absolute Gasteiger partial charge is 0.326 e. The fourth-order valence-corrected chi connectivity index (χ4v) is 16.5. The van der Waals surface area contributed by atoms with E-state index in [2.05, 4.69) is 69.1 Å². The summed E-state index contributed by atoms with van der Waals surface area (Å²) in [6.07, 6.45) is 25.5. The Kier molecular flexibility index (Phi) is 51.5. The molecule has 13 amide bonds. The molecule has 0 aliphatic heterocycles. The average Bonchev–Trinajstić information content (AvgIpc) is 0.850. The first-order valence-electron chi connectivity index (χ1n) is 45.2. The molecule has 4 aliphatic rings.